The van der Waals surface area contributed by atoms with Crippen LogP contribution in [0.3, 0.4) is 0 Å². The zero-order chi connectivity index (χ0) is 30.6. The van der Waals surface area contributed by atoms with Crippen LogP contribution >= 0.6 is 0 Å². The van der Waals surface area contributed by atoms with Gasteiger partial charge in [0.1, 0.15) is 0 Å². The highest BCUT2D eigenvalue weighted by molar-refractivity contribution is 6.12. The highest BCUT2D eigenvalue weighted by atomic mass is 16.5. The molecule has 1 aliphatic rings. The number of hydrogen-bond acceptors (Lipinski definition) is 6. The van der Waals surface area contributed by atoms with Gasteiger partial charge in [-0.25, -0.2) is 0 Å². The maximum absolute atomic E-state index is 13.3. The zero-order valence-electron chi connectivity index (χ0n) is 26.0. The summed E-state index contributed by atoms with van der Waals surface area (Å²) < 4.78 is 5.78. The fourth-order valence-electron chi connectivity index (χ4n) is 5.30. The SMILES string of the molecule is C=C(C)C[C@@H](OC)[C@H]([C@@H](C)CC)N(C)C(=O)CNC(=C)C(C(C)C)N(C)C(=O)CCCCCN1C(=O)C=CC1=O. The molecule has 1 heterocycles. The van der Waals surface area contributed by atoms with E-state index in [-0.39, 0.29) is 60.2 Å². The van der Waals surface area contributed by atoms with Crippen LogP contribution in [0.4, 0.5) is 0 Å². The second-order valence-corrected chi connectivity index (χ2v) is 11.4. The Balaban J connectivity index is 2.68. The summed E-state index contributed by atoms with van der Waals surface area (Å²) >= 11 is 0. The first-order chi connectivity index (χ1) is 18.8. The molecule has 0 aromatic rings. The molecule has 0 aliphatic carbocycles. The molecule has 4 amide bonds. The molecule has 1 aliphatic heterocycles. The molecule has 0 saturated heterocycles. The summed E-state index contributed by atoms with van der Waals surface area (Å²) in [5.74, 6) is -0.324. The zero-order valence-corrected chi connectivity index (χ0v) is 26.0. The predicted octanol–water partition coefficient (Wildman–Crippen LogP) is 3.91. The summed E-state index contributed by atoms with van der Waals surface area (Å²) in [5, 5.41) is 3.19. The van der Waals surface area contributed by atoms with Crippen molar-refractivity contribution in [1.82, 2.24) is 20.0 Å². The van der Waals surface area contributed by atoms with Crippen molar-refractivity contribution < 1.29 is 23.9 Å². The van der Waals surface area contributed by atoms with E-state index >= 15 is 0 Å². The third-order valence-electron chi connectivity index (χ3n) is 7.74. The molecule has 0 aromatic carbocycles. The maximum Gasteiger partial charge on any atom is 0.253 e. The van der Waals surface area contributed by atoms with Crippen molar-refractivity contribution in [2.45, 2.75) is 91.3 Å². The van der Waals surface area contributed by atoms with Crippen molar-refractivity contribution in [2.75, 3.05) is 34.3 Å². The van der Waals surface area contributed by atoms with Crippen LogP contribution in [0.1, 0.15) is 73.1 Å². The van der Waals surface area contributed by atoms with Crippen molar-refractivity contribution in [3.8, 4) is 0 Å². The van der Waals surface area contributed by atoms with E-state index in [1.54, 1.807) is 24.0 Å². The monoisotopic (exact) mass is 560 g/mol. The number of carbonyl (C=O) groups excluding carboxylic acids is 4. The first-order valence-corrected chi connectivity index (χ1v) is 14.4. The summed E-state index contributed by atoms with van der Waals surface area (Å²) in [4.78, 5) is 54.2. The number of hydrogen-bond donors (Lipinski definition) is 1. The lowest BCUT2D eigenvalue weighted by Gasteiger charge is -2.38. The normalized spacial score (nSPS) is 16.1. The van der Waals surface area contributed by atoms with Gasteiger partial charge in [0, 0.05) is 52.0 Å². The van der Waals surface area contributed by atoms with Crippen LogP contribution < -0.4 is 5.32 Å². The lowest BCUT2D eigenvalue weighted by atomic mass is 9.90. The van der Waals surface area contributed by atoms with E-state index in [0.29, 0.717) is 37.9 Å². The third kappa shape index (κ3) is 10.2. The van der Waals surface area contributed by atoms with E-state index in [9.17, 15) is 19.2 Å². The second kappa shape index (κ2) is 17.0. The van der Waals surface area contributed by atoms with Crippen molar-refractivity contribution >= 4 is 23.6 Å². The largest absolute Gasteiger partial charge is 0.379 e. The molecule has 0 saturated carbocycles. The molecule has 1 N–H and O–H groups in total. The highest BCUT2D eigenvalue weighted by Gasteiger charge is 2.33. The summed E-state index contributed by atoms with van der Waals surface area (Å²) in [5.41, 5.74) is 1.63. The Bertz CT molecular complexity index is 926. The Hall–Kier alpha value is -2.94. The minimum Gasteiger partial charge on any atom is -0.379 e. The number of rotatable bonds is 19. The Morgan fingerprint density at radius 2 is 1.60 bits per heavy atom. The maximum atomic E-state index is 13.3. The minimum atomic E-state index is -0.281. The van der Waals surface area contributed by atoms with E-state index in [0.717, 1.165) is 18.4 Å². The highest BCUT2D eigenvalue weighted by Crippen LogP contribution is 2.24. The van der Waals surface area contributed by atoms with Gasteiger partial charge in [0.05, 0.1) is 24.7 Å². The van der Waals surface area contributed by atoms with Crippen molar-refractivity contribution in [3.63, 3.8) is 0 Å². The molecule has 4 atom stereocenters. The van der Waals surface area contributed by atoms with Crippen LogP contribution in [-0.2, 0) is 23.9 Å². The fourth-order valence-corrected chi connectivity index (χ4v) is 5.30. The van der Waals surface area contributed by atoms with Gasteiger partial charge in [0.2, 0.25) is 11.8 Å². The molecule has 0 spiro atoms. The number of imide groups is 1. The van der Waals surface area contributed by atoms with E-state index in [2.05, 4.69) is 32.3 Å². The number of amides is 4. The number of carbonyl (C=O) groups is 4. The fraction of sp³-hybridized carbons (Fsp3) is 0.677. The molecule has 1 unspecified atom stereocenters. The van der Waals surface area contributed by atoms with E-state index < -0.39 is 0 Å². The van der Waals surface area contributed by atoms with Crippen LogP contribution in [0.5, 0.6) is 0 Å². The van der Waals surface area contributed by atoms with Crippen LogP contribution in [0.25, 0.3) is 0 Å². The van der Waals surface area contributed by atoms with Gasteiger partial charge in [-0.05, 0) is 38.0 Å². The first-order valence-electron chi connectivity index (χ1n) is 14.4. The number of methoxy groups -OCH3 is 1. The van der Waals surface area contributed by atoms with Crippen LogP contribution in [0, 0.1) is 11.8 Å². The third-order valence-corrected chi connectivity index (χ3v) is 7.74. The summed E-state index contributed by atoms with van der Waals surface area (Å²) in [6, 6.07) is -0.380. The quantitative estimate of drug-likeness (QED) is 0.146. The Kier molecular flexibility index (Phi) is 14.9. The Labute approximate surface area is 241 Å². The van der Waals surface area contributed by atoms with Gasteiger partial charge in [-0.1, -0.05) is 52.7 Å². The second-order valence-electron chi connectivity index (χ2n) is 11.4. The standard InChI is InChI=1S/C31H52N4O5/c1-11-23(6)31(25(40-10)19-21(2)3)34(9)29(39)20-32-24(7)30(22(4)5)33(8)26(36)15-13-12-14-18-35-27(37)16-17-28(35)38/h16-17,22-23,25,30-32H,2,7,11-15,18-20H2,1,3-6,8-10H3/t23-,25+,30?,31-/m0/s1. The molecule has 40 heavy (non-hydrogen) atoms. The number of likely N-dealkylation sites (N-methyl/N-ethyl adjacent to an activating group) is 2. The van der Waals surface area contributed by atoms with Crippen LogP contribution in [-0.4, -0.2) is 90.8 Å². The topological polar surface area (TPSA) is 99.3 Å². The average molecular weight is 561 g/mol. The molecule has 0 radical (unpaired) electrons. The molecule has 0 bridgehead atoms. The smallest absolute Gasteiger partial charge is 0.253 e. The van der Waals surface area contributed by atoms with Gasteiger partial charge >= 0.3 is 0 Å². The molecule has 9 nitrogen and oxygen atoms in total. The van der Waals surface area contributed by atoms with Gasteiger partial charge in [-0.3, -0.25) is 24.1 Å². The van der Waals surface area contributed by atoms with Crippen LogP contribution in [0.15, 0.2) is 36.6 Å². The van der Waals surface area contributed by atoms with E-state index in [1.165, 1.54) is 17.1 Å². The van der Waals surface area contributed by atoms with E-state index in [4.69, 9.17) is 4.74 Å². The van der Waals surface area contributed by atoms with Crippen molar-refractivity contribution in [2.24, 2.45) is 11.8 Å². The first kappa shape index (κ1) is 35.1. The molecular weight excluding hydrogens is 508 g/mol. The molecule has 0 fully saturated rings. The summed E-state index contributed by atoms with van der Waals surface area (Å²) in [6.07, 6.45) is 6.40. The van der Waals surface area contributed by atoms with Gasteiger partial charge in [-0.2, -0.15) is 0 Å². The molecule has 0 aromatic heterocycles. The van der Waals surface area contributed by atoms with E-state index in [1.807, 2.05) is 27.8 Å². The summed E-state index contributed by atoms with van der Waals surface area (Å²) in [6.45, 7) is 18.9. The Morgan fingerprint density at radius 1 is 1.00 bits per heavy atom. The van der Waals surface area contributed by atoms with Gasteiger partial charge in [0.15, 0.2) is 0 Å². The lowest BCUT2D eigenvalue weighted by Crippen LogP contribution is -2.52. The summed E-state index contributed by atoms with van der Waals surface area (Å²) in [7, 11) is 5.25. The minimum absolute atomic E-state index is 0.0142. The number of ether oxygens (including phenoxy) is 1. The van der Waals surface area contributed by atoms with Crippen molar-refractivity contribution in [3.05, 3.63) is 36.6 Å². The lowest BCUT2D eigenvalue weighted by molar-refractivity contribution is -0.137. The number of unbranched alkanes of at least 4 members (excludes halogenated alkanes) is 2. The average Bonchev–Trinajstić information content (AvgIpc) is 3.22. The predicted molar refractivity (Wildman–Crippen MR) is 159 cm³/mol. The number of nitrogens with one attached hydrogen (secondary N) is 1. The van der Waals surface area contributed by atoms with Crippen LogP contribution in [0.2, 0.25) is 0 Å². The van der Waals surface area contributed by atoms with Crippen molar-refractivity contribution in [1.29, 1.82) is 0 Å². The molecule has 1 rings (SSSR count). The Morgan fingerprint density at radius 3 is 2.10 bits per heavy atom. The van der Waals surface area contributed by atoms with Gasteiger partial charge in [-0.15, -0.1) is 6.58 Å². The molecule has 9 heteroatoms. The number of nitrogens with zero attached hydrogens (tertiary/aromatic N) is 3. The van der Waals surface area contributed by atoms with Gasteiger partial charge < -0.3 is 19.9 Å². The molecule has 226 valence electrons. The van der Waals surface area contributed by atoms with Gasteiger partial charge in [0.25, 0.3) is 11.8 Å². The molecular formula is C31H52N4O5.